The zero-order valence-corrected chi connectivity index (χ0v) is 10.4. The molecule has 0 bridgehead atoms. The molecular weight excluding hydrogens is 240 g/mol. The van der Waals surface area contributed by atoms with Crippen molar-refractivity contribution in [2.75, 3.05) is 0 Å². The first-order chi connectivity index (χ1) is 7.97. The van der Waals surface area contributed by atoms with Crippen LogP contribution in [0.15, 0.2) is 24.3 Å². The molecule has 0 aliphatic heterocycles. The maximum atomic E-state index is 10.4. The Bertz CT molecular complexity index is 524. The second-order valence-electron chi connectivity index (χ2n) is 4.16. The molecule has 0 saturated carbocycles. The molecule has 1 heterocycles. The molecule has 2 aromatic rings. The first-order valence-electron chi connectivity index (χ1n) is 5.19. The number of benzene rings is 1. The minimum Gasteiger partial charge on any atom is -0.385 e. The van der Waals surface area contributed by atoms with E-state index < -0.39 is 5.60 Å². The Morgan fingerprint density at radius 3 is 2.82 bits per heavy atom. The summed E-state index contributed by atoms with van der Waals surface area (Å²) in [6, 6.07) is 7.12. The van der Waals surface area contributed by atoms with Crippen LogP contribution < -0.4 is 0 Å². The number of aliphatic hydroxyl groups is 1. The second-order valence-corrected chi connectivity index (χ2v) is 4.59. The maximum Gasteiger partial charge on any atom is 0.178 e. The van der Waals surface area contributed by atoms with E-state index in [2.05, 4.69) is 15.4 Å². The summed E-state index contributed by atoms with van der Waals surface area (Å²) in [5.41, 5.74) is -0.328. The molecule has 90 valence electrons. The summed E-state index contributed by atoms with van der Waals surface area (Å²) in [4.78, 5) is 1.36. The van der Waals surface area contributed by atoms with Gasteiger partial charge in [0.2, 0.25) is 0 Å². The van der Waals surface area contributed by atoms with Gasteiger partial charge >= 0.3 is 0 Å². The van der Waals surface area contributed by atoms with E-state index in [0.29, 0.717) is 17.3 Å². The normalized spacial score (nSPS) is 14.6. The van der Waals surface area contributed by atoms with Crippen LogP contribution in [-0.4, -0.2) is 25.3 Å². The van der Waals surface area contributed by atoms with Gasteiger partial charge in [-0.05, 0) is 29.8 Å². The van der Waals surface area contributed by atoms with Crippen LogP contribution in [0.1, 0.15) is 18.3 Å². The van der Waals surface area contributed by atoms with E-state index in [4.69, 9.17) is 11.6 Å². The van der Waals surface area contributed by atoms with E-state index >= 15 is 0 Å². The summed E-state index contributed by atoms with van der Waals surface area (Å²) in [7, 11) is 1.69. The van der Waals surface area contributed by atoms with Gasteiger partial charge in [0.1, 0.15) is 0 Å². The summed E-state index contributed by atoms with van der Waals surface area (Å²) < 4.78 is 0. The van der Waals surface area contributed by atoms with E-state index in [0.717, 1.165) is 5.56 Å². The van der Waals surface area contributed by atoms with Crippen LogP contribution in [0.25, 0.3) is 0 Å². The highest BCUT2D eigenvalue weighted by molar-refractivity contribution is 6.30. The van der Waals surface area contributed by atoms with Crippen molar-refractivity contribution >= 4 is 11.6 Å². The fourth-order valence-corrected chi connectivity index (χ4v) is 1.82. The molecule has 6 heteroatoms. The van der Waals surface area contributed by atoms with Crippen LogP contribution in [0.4, 0.5) is 0 Å². The van der Waals surface area contributed by atoms with E-state index in [1.54, 1.807) is 32.2 Å². The molecule has 1 aromatic carbocycles. The first kappa shape index (κ1) is 12.0. The molecule has 0 saturated heterocycles. The molecule has 1 N–H and O–H groups in total. The van der Waals surface area contributed by atoms with Crippen molar-refractivity contribution in [2.45, 2.75) is 18.9 Å². The highest BCUT2D eigenvalue weighted by Gasteiger charge is 2.26. The largest absolute Gasteiger partial charge is 0.385 e. The van der Waals surface area contributed by atoms with Gasteiger partial charge in [-0.15, -0.1) is 10.2 Å². The average molecular weight is 253 g/mol. The van der Waals surface area contributed by atoms with Crippen LogP contribution in [0.3, 0.4) is 0 Å². The lowest BCUT2D eigenvalue weighted by atomic mass is 9.92. The van der Waals surface area contributed by atoms with Crippen LogP contribution in [0.5, 0.6) is 0 Å². The monoisotopic (exact) mass is 252 g/mol. The number of hydrogen-bond acceptors (Lipinski definition) is 4. The Morgan fingerprint density at radius 1 is 1.47 bits per heavy atom. The minimum atomic E-state index is -1.06. The number of halogens is 1. The van der Waals surface area contributed by atoms with Gasteiger partial charge in [0.25, 0.3) is 0 Å². The van der Waals surface area contributed by atoms with Gasteiger partial charge in [0.05, 0.1) is 12.6 Å². The quantitative estimate of drug-likeness (QED) is 0.895. The number of rotatable bonds is 3. The smallest absolute Gasteiger partial charge is 0.178 e. The second kappa shape index (κ2) is 4.43. The lowest BCUT2D eigenvalue weighted by Gasteiger charge is -2.22. The third-order valence-corrected chi connectivity index (χ3v) is 2.73. The summed E-state index contributed by atoms with van der Waals surface area (Å²) in [5.74, 6) is 0.498. The fourth-order valence-electron chi connectivity index (χ4n) is 1.63. The number of aryl methyl sites for hydroxylation is 1. The summed E-state index contributed by atoms with van der Waals surface area (Å²) in [5, 5.41) is 22.6. The van der Waals surface area contributed by atoms with Crippen LogP contribution in [-0.2, 0) is 19.1 Å². The molecule has 5 nitrogen and oxygen atoms in total. The highest BCUT2D eigenvalue weighted by atomic mass is 35.5. The predicted octanol–water partition coefficient (Wildman–Crippen LogP) is 1.31. The fraction of sp³-hybridized carbons (Fsp3) is 0.364. The molecule has 0 aliphatic carbocycles. The van der Waals surface area contributed by atoms with Crippen molar-refractivity contribution in [2.24, 2.45) is 7.05 Å². The van der Waals surface area contributed by atoms with Crippen molar-refractivity contribution in [1.29, 1.82) is 0 Å². The molecule has 1 unspecified atom stereocenters. The van der Waals surface area contributed by atoms with Crippen LogP contribution in [0.2, 0.25) is 5.02 Å². The van der Waals surface area contributed by atoms with Gasteiger partial charge in [-0.25, -0.2) is 0 Å². The third kappa shape index (κ3) is 2.81. The number of hydrogen-bond donors (Lipinski definition) is 1. The Balaban J connectivity index is 2.24. The standard InChI is InChI=1S/C11H13ClN4O/c1-11(17,7-10-13-15-16(2)14-10)8-4-3-5-9(12)6-8/h3-6,17H,7H2,1-2H3. The van der Waals surface area contributed by atoms with Gasteiger partial charge in [0, 0.05) is 11.4 Å². The molecular formula is C11H13ClN4O. The molecule has 17 heavy (non-hydrogen) atoms. The average Bonchev–Trinajstić information content (AvgIpc) is 2.63. The van der Waals surface area contributed by atoms with Crippen LogP contribution in [0, 0.1) is 0 Å². The first-order valence-corrected chi connectivity index (χ1v) is 5.56. The van der Waals surface area contributed by atoms with E-state index in [9.17, 15) is 5.11 Å². The summed E-state index contributed by atoms with van der Waals surface area (Å²) in [6.45, 7) is 1.70. The van der Waals surface area contributed by atoms with Gasteiger partial charge in [0.15, 0.2) is 5.82 Å². The third-order valence-electron chi connectivity index (χ3n) is 2.50. The van der Waals surface area contributed by atoms with E-state index in [1.165, 1.54) is 4.80 Å². The molecule has 1 aromatic heterocycles. The van der Waals surface area contributed by atoms with Gasteiger partial charge in [-0.3, -0.25) is 0 Å². The van der Waals surface area contributed by atoms with Gasteiger partial charge < -0.3 is 5.11 Å². The Morgan fingerprint density at radius 2 is 2.24 bits per heavy atom. The Labute approximate surface area is 104 Å². The van der Waals surface area contributed by atoms with Crippen molar-refractivity contribution in [3.05, 3.63) is 40.7 Å². The van der Waals surface area contributed by atoms with Crippen molar-refractivity contribution in [1.82, 2.24) is 20.2 Å². The maximum absolute atomic E-state index is 10.4. The zero-order valence-electron chi connectivity index (χ0n) is 9.63. The van der Waals surface area contributed by atoms with Crippen molar-refractivity contribution in [3.8, 4) is 0 Å². The molecule has 0 fully saturated rings. The Kier molecular flexibility index (Phi) is 3.13. The number of aromatic nitrogens is 4. The molecule has 0 spiro atoms. The highest BCUT2D eigenvalue weighted by Crippen LogP contribution is 2.25. The van der Waals surface area contributed by atoms with E-state index in [1.807, 2.05) is 6.07 Å². The molecule has 0 radical (unpaired) electrons. The van der Waals surface area contributed by atoms with Crippen LogP contribution >= 0.6 is 11.6 Å². The Hall–Kier alpha value is -1.46. The SMILES string of the molecule is Cn1nnc(CC(C)(O)c2cccc(Cl)c2)n1. The van der Waals surface area contributed by atoms with Crippen molar-refractivity contribution < 1.29 is 5.11 Å². The molecule has 0 amide bonds. The number of nitrogens with zero attached hydrogens (tertiary/aromatic N) is 4. The summed E-state index contributed by atoms with van der Waals surface area (Å²) >= 11 is 5.90. The lowest BCUT2D eigenvalue weighted by Crippen LogP contribution is -2.25. The predicted molar refractivity (Wildman–Crippen MR) is 63.5 cm³/mol. The molecule has 1 atom stereocenters. The number of tetrazole rings is 1. The topological polar surface area (TPSA) is 63.8 Å². The molecule has 2 rings (SSSR count). The van der Waals surface area contributed by atoms with E-state index in [-0.39, 0.29) is 0 Å². The summed E-state index contributed by atoms with van der Waals surface area (Å²) in [6.07, 6.45) is 0.293. The molecule has 0 aliphatic rings. The van der Waals surface area contributed by atoms with Gasteiger partial charge in [-0.2, -0.15) is 4.80 Å². The van der Waals surface area contributed by atoms with Crippen molar-refractivity contribution in [3.63, 3.8) is 0 Å². The lowest BCUT2D eigenvalue weighted by molar-refractivity contribution is 0.0554. The zero-order chi connectivity index (χ0) is 12.5. The minimum absolute atomic E-state index is 0.293. The van der Waals surface area contributed by atoms with Gasteiger partial charge in [-0.1, -0.05) is 23.7 Å².